The normalized spacial score (nSPS) is 10.3. The molecule has 0 bridgehead atoms. The van der Waals surface area contributed by atoms with Crippen LogP contribution in [-0.2, 0) is 26.2 Å². The highest BCUT2D eigenvalue weighted by atomic mass is 19.1. The van der Waals surface area contributed by atoms with E-state index in [9.17, 15) is 13.2 Å². The highest BCUT2D eigenvalue weighted by Gasteiger charge is 2.05. The molecule has 0 saturated carbocycles. The summed E-state index contributed by atoms with van der Waals surface area (Å²) >= 11 is 0. The zero-order valence-corrected chi connectivity index (χ0v) is 82.4. The second kappa shape index (κ2) is 68.2. The molecular weight excluding hydrogens is 1580 g/mol. The van der Waals surface area contributed by atoms with Crippen LogP contribution in [0.4, 0.5) is 58.8 Å². The number of ether oxygens (including phenoxy) is 2. The van der Waals surface area contributed by atoms with Gasteiger partial charge in [0.05, 0.1) is 25.6 Å². The third-order valence-corrected chi connectivity index (χ3v) is 16.9. The number of nitrogens with zero attached hydrogens (tertiary/aromatic N) is 3. The van der Waals surface area contributed by atoms with Gasteiger partial charge in [0, 0.05) is 154 Å². The van der Waals surface area contributed by atoms with Crippen LogP contribution in [0.5, 0.6) is 11.5 Å². The number of aromatic nitrogens is 2. The number of rotatable bonds is 29. The van der Waals surface area contributed by atoms with E-state index in [1.54, 1.807) is 56.9 Å². The molecule has 0 atom stereocenters. The quantitative estimate of drug-likeness (QED) is 0.0213. The molecule has 11 aromatic rings. The molecule has 0 aliphatic rings. The minimum Gasteiger partial charge on any atom is -0.497 e. The molecule has 2 heterocycles. The molecule has 16 nitrogen and oxygen atoms in total. The van der Waals surface area contributed by atoms with Crippen molar-refractivity contribution in [2.24, 2.45) is 0 Å². The molecule has 2 aromatic heterocycles. The summed E-state index contributed by atoms with van der Waals surface area (Å²) in [5.74, 6) is 2.19. The maximum Gasteiger partial charge on any atom is 0.146 e. The lowest BCUT2D eigenvalue weighted by Crippen LogP contribution is -2.21. The second-order valence-electron chi connectivity index (χ2n) is 34.2. The molecule has 9 aromatic carbocycles. The molecule has 696 valence electrons. The van der Waals surface area contributed by atoms with Gasteiger partial charge in [-0.2, -0.15) is 0 Å². The van der Waals surface area contributed by atoms with E-state index in [1.807, 2.05) is 114 Å². The smallest absolute Gasteiger partial charge is 0.146 e. The molecule has 0 aliphatic carbocycles. The zero-order chi connectivity index (χ0) is 95.0. The summed E-state index contributed by atoms with van der Waals surface area (Å²) in [5, 5.41) is 35.9. The van der Waals surface area contributed by atoms with Crippen LogP contribution in [0.3, 0.4) is 0 Å². The molecule has 11 N–H and O–H groups in total. The summed E-state index contributed by atoms with van der Waals surface area (Å²) in [6.07, 6.45) is 5.37. The van der Waals surface area contributed by atoms with E-state index in [0.29, 0.717) is 66.1 Å². The van der Waals surface area contributed by atoms with Crippen LogP contribution in [0, 0.1) is 38.2 Å². The molecule has 19 heteroatoms. The Morgan fingerprint density at radius 1 is 0.291 bits per heavy atom. The Morgan fingerprint density at radius 3 is 1.04 bits per heavy atom. The second-order valence-corrected chi connectivity index (χ2v) is 34.2. The molecule has 0 unspecified atom stereocenters. The summed E-state index contributed by atoms with van der Waals surface area (Å²) in [6, 6.07) is 84.8. The molecule has 0 aliphatic heterocycles. The van der Waals surface area contributed by atoms with Gasteiger partial charge in [-0.05, 0) is 279 Å². The molecule has 11 rings (SSSR count). The van der Waals surface area contributed by atoms with Crippen molar-refractivity contribution < 1.29 is 22.6 Å². The van der Waals surface area contributed by atoms with Crippen LogP contribution in [0.15, 0.2) is 267 Å². The largest absolute Gasteiger partial charge is 0.497 e. The lowest BCUT2D eigenvalue weighted by molar-refractivity contribution is 0.414. The number of hydrogen-bond donors (Lipinski definition) is 11. The average molecular weight is 1740 g/mol. The van der Waals surface area contributed by atoms with Crippen molar-refractivity contribution in [1.82, 2.24) is 31.2 Å². The molecule has 127 heavy (non-hydrogen) atoms. The van der Waals surface area contributed by atoms with E-state index >= 15 is 0 Å². The predicted molar refractivity (Wildman–Crippen MR) is 547 cm³/mol. The van der Waals surface area contributed by atoms with Crippen molar-refractivity contribution in [3.05, 3.63) is 324 Å². The van der Waals surface area contributed by atoms with E-state index in [1.165, 1.54) is 86.3 Å². The zero-order valence-electron chi connectivity index (χ0n) is 82.4. The van der Waals surface area contributed by atoms with Crippen molar-refractivity contribution in [2.45, 2.75) is 266 Å². The molecule has 0 radical (unpaired) electrons. The van der Waals surface area contributed by atoms with Gasteiger partial charge >= 0.3 is 0 Å². The van der Waals surface area contributed by atoms with Gasteiger partial charge in [0.15, 0.2) is 0 Å². The van der Waals surface area contributed by atoms with E-state index in [0.717, 1.165) is 60.6 Å². The number of halogens is 3. The van der Waals surface area contributed by atoms with Gasteiger partial charge in [-0.25, -0.2) is 18.2 Å². The number of pyridine rings is 2. The highest BCUT2D eigenvalue weighted by molar-refractivity contribution is 5.49. The first-order valence-electron chi connectivity index (χ1n) is 44.8. The number of methoxy groups -OCH3 is 2. The van der Waals surface area contributed by atoms with Crippen molar-refractivity contribution in [3.63, 3.8) is 0 Å². The Balaban J connectivity index is 0.000000699. The lowest BCUT2D eigenvalue weighted by atomic mass is 10.1. The van der Waals surface area contributed by atoms with Crippen LogP contribution in [0.1, 0.15) is 191 Å². The summed E-state index contributed by atoms with van der Waals surface area (Å²) in [5.41, 5.74) is 16.3. The maximum atomic E-state index is 12.9. The van der Waals surface area contributed by atoms with Gasteiger partial charge in [-0.15, -0.1) is 0 Å². The third kappa shape index (κ3) is 63.5. The molecule has 0 saturated heterocycles. The maximum absolute atomic E-state index is 12.9. The monoisotopic (exact) mass is 1740 g/mol. The van der Waals surface area contributed by atoms with Crippen molar-refractivity contribution in [2.75, 3.05) is 70.4 Å². The van der Waals surface area contributed by atoms with Crippen molar-refractivity contribution in [1.29, 1.82) is 0 Å². The van der Waals surface area contributed by atoms with Crippen LogP contribution in [0.2, 0.25) is 0 Å². The number of anilines is 8. The number of nitrogens with one attached hydrogen (secondary N) is 11. The van der Waals surface area contributed by atoms with Gasteiger partial charge in [0.1, 0.15) is 34.8 Å². The van der Waals surface area contributed by atoms with E-state index in [2.05, 4.69) is 340 Å². The highest BCUT2D eigenvalue weighted by Crippen LogP contribution is 2.19. The third-order valence-electron chi connectivity index (χ3n) is 16.9. The number of hydrogen-bond acceptors (Lipinski definition) is 16. The summed E-state index contributed by atoms with van der Waals surface area (Å²) < 4.78 is 48.1. The van der Waals surface area contributed by atoms with E-state index in [4.69, 9.17) is 9.47 Å². The van der Waals surface area contributed by atoms with E-state index in [-0.39, 0.29) is 23.5 Å². The Bertz CT molecular complexity index is 4270. The first kappa shape index (κ1) is 114. The summed E-state index contributed by atoms with van der Waals surface area (Å²) in [6.45, 7) is 56.3. The summed E-state index contributed by atoms with van der Waals surface area (Å²) in [7, 11) is 7.49. The van der Waals surface area contributed by atoms with Gasteiger partial charge in [0.2, 0.25) is 0 Å². The van der Waals surface area contributed by atoms with Gasteiger partial charge < -0.3 is 72.9 Å². The molecular formula is C108H161F3N14O2. The fraction of sp³-hybridized carbons (Fsp3) is 0.407. The first-order chi connectivity index (χ1) is 60.2. The van der Waals surface area contributed by atoms with Crippen LogP contribution in [-0.4, -0.2) is 105 Å². The minimum atomic E-state index is -0.198. The fourth-order valence-corrected chi connectivity index (χ4v) is 10.6. The Labute approximate surface area is 766 Å². The van der Waals surface area contributed by atoms with Gasteiger partial charge in [-0.1, -0.05) is 181 Å². The fourth-order valence-electron chi connectivity index (χ4n) is 10.6. The lowest BCUT2D eigenvalue weighted by Gasteiger charge is -2.13. The Morgan fingerprint density at radius 2 is 0.661 bits per heavy atom. The summed E-state index contributed by atoms with van der Waals surface area (Å²) in [4.78, 5) is 10.2. The predicted octanol–water partition coefficient (Wildman–Crippen LogP) is 26.5. The van der Waals surface area contributed by atoms with Crippen LogP contribution in [0.25, 0.3) is 0 Å². The van der Waals surface area contributed by atoms with Gasteiger partial charge in [0.25, 0.3) is 0 Å². The van der Waals surface area contributed by atoms with Crippen LogP contribution < -0.4 is 72.9 Å². The van der Waals surface area contributed by atoms with Gasteiger partial charge in [-0.3, -0.25) is 4.98 Å². The number of benzene rings is 9. The minimum absolute atomic E-state index is 0.193. The van der Waals surface area contributed by atoms with Crippen molar-refractivity contribution >= 4 is 45.6 Å². The van der Waals surface area contributed by atoms with Crippen LogP contribution >= 0.6 is 0 Å². The number of para-hydroxylation sites is 1. The topological polar surface area (TPSA) is 180 Å². The average Bonchev–Trinajstić information content (AvgIpc) is 0.905. The first-order valence-corrected chi connectivity index (χ1v) is 44.8. The van der Waals surface area contributed by atoms with Crippen molar-refractivity contribution in [3.8, 4) is 11.5 Å². The molecule has 0 spiro atoms. The molecule has 0 amide bonds. The number of aryl methyl sites for hydroxylation is 3. The standard InChI is InChI=1S/C12H20N2.2C11H17NO.C11H17N.2C10H15N.3C9H12FN.2C8H12N2/c1-10(2)13-9-11-5-7-12(8-6-11)14(3)4;1-9(2)12-8-10-4-6-11(13-3)7-5-10;1-9(2)12-8-10-5-4-6-11(7-10)13-3;1-9(2)12-8-11-6-4-10(3)5-7-11;2*1-8(2)11-10-6-4-9(3)5-7-10;1-7(2)11-9-5-3-8(10)4-6-9;1-7(2)11-9-5-3-4-8(10)6-9;1-7(2)11-9-6-4-3-5-8(9)10;1-7(2)10-8-4-3-5-9-6-8;1-7(2)10-8-5-3-4-6-9-8/h5-8,10,13H,9H2,1-4H3;2*4-7,9,12H,8H2,1-3H3;4-7,9,12H,8H2,1-3H3;2*4-8,11H,1-3H3;3*3-7,11H,1-2H3;3-7,10H,1-2H3;3-7H,1-2H3,(H,9,10). The SMILES string of the molecule is CC(C)NCc1ccc(N(C)C)cc1.CC(C)Nc1ccc(F)cc1.CC(C)Nc1cccc(F)c1.CC(C)Nc1ccccc1F.CC(C)Nc1ccccn1.CC(C)Nc1cccnc1.COc1ccc(CNC(C)C)cc1.COc1cccc(CNC(C)C)c1.Cc1ccc(CNC(C)C)cc1.Cc1ccc(NC(C)C)cc1.Cc1ccc(NC(C)C)cc1. The Hall–Kier alpha value is -11.1. The molecule has 0 fully saturated rings. The Kier molecular flexibility index (Phi) is 61.1. The van der Waals surface area contributed by atoms with E-state index < -0.39 is 0 Å².